The van der Waals surface area contributed by atoms with Gasteiger partial charge < -0.3 is 10.1 Å². The highest BCUT2D eigenvalue weighted by atomic mass is 16.5. The van der Waals surface area contributed by atoms with Crippen LogP contribution < -0.4 is 5.32 Å². The van der Waals surface area contributed by atoms with Crippen LogP contribution in [0, 0.1) is 0 Å². The van der Waals surface area contributed by atoms with Crippen molar-refractivity contribution in [1.82, 2.24) is 20.7 Å². The molecule has 1 aromatic carbocycles. The van der Waals surface area contributed by atoms with Crippen molar-refractivity contribution in [1.29, 1.82) is 0 Å². The van der Waals surface area contributed by atoms with Gasteiger partial charge in [0, 0.05) is 25.3 Å². The smallest absolute Gasteiger partial charge is 0.117 e. The molecule has 1 aliphatic carbocycles. The van der Waals surface area contributed by atoms with Crippen LogP contribution in [0.3, 0.4) is 0 Å². The minimum absolute atomic E-state index is 0.401. The van der Waals surface area contributed by atoms with Crippen molar-refractivity contribution in [2.45, 2.75) is 38.0 Å². The second kappa shape index (κ2) is 6.15. The topological polar surface area (TPSA) is 62.8 Å². The van der Waals surface area contributed by atoms with Gasteiger partial charge in [0.2, 0.25) is 0 Å². The highest BCUT2D eigenvalue weighted by molar-refractivity contribution is 5.60. The molecule has 1 aliphatic rings. The second-order valence-corrected chi connectivity index (χ2v) is 5.23. The minimum atomic E-state index is 0.401. The first-order chi connectivity index (χ1) is 9.86. The van der Waals surface area contributed by atoms with Crippen LogP contribution in [0.4, 0.5) is 0 Å². The number of benzene rings is 1. The molecule has 2 aromatic rings. The molecule has 2 unspecified atom stereocenters. The van der Waals surface area contributed by atoms with E-state index in [1.807, 2.05) is 18.2 Å². The first-order valence-electron chi connectivity index (χ1n) is 7.08. The number of hydrogen-bond acceptors (Lipinski definition) is 4. The maximum absolute atomic E-state index is 5.40. The first kappa shape index (κ1) is 13.3. The molecule has 1 aromatic heterocycles. The SMILES string of the molecule is COC1CCC(NCc2n[nH]nc2-c2ccccc2)C1. The third-order valence-corrected chi connectivity index (χ3v) is 3.94. The second-order valence-electron chi connectivity index (χ2n) is 5.23. The third-order valence-electron chi connectivity index (χ3n) is 3.94. The number of aromatic nitrogens is 3. The molecular formula is C15H20N4O. The van der Waals surface area contributed by atoms with Crippen LogP contribution in [0.15, 0.2) is 30.3 Å². The average molecular weight is 272 g/mol. The van der Waals surface area contributed by atoms with Crippen LogP contribution in [-0.2, 0) is 11.3 Å². The summed E-state index contributed by atoms with van der Waals surface area (Å²) in [5.41, 5.74) is 3.00. The number of rotatable bonds is 5. The van der Waals surface area contributed by atoms with Crippen molar-refractivity contribution in [3.8, 4) is 11.3 Å². The van der Waals surface area contributed by atoms with Gasteiger partial charge in [-0.2, -0.15) is 15.4 Å². The Kier molecular flexibility index (Phi) is 4.08. The molecule has 1 fully saturated rings. The number of H-pyrrole nitrogens is 1. The maximum Gasteiger partial charge on any atom is 0.117 e. The van der Waals surface area contributed by atoms with Gasteiger partial charge in [-0.1, -0.05) is 30.3 Å². The Labute approximate surface area is 118 Å². The first-order valence-corrected chi connectivity index (χ1v) is 7.08. The summed E-state index contributed by atoms with van der Waals surface area (Å²) >= 11 is 0. The molecule has 2 atom stereocenters. The highest BCUT2D eigenvalue weighted by Gasteiger charge is 2.24. The van der Waals surface area contributed by atoms with E-state index in [2.05, 4.69) is 32.9 Å². The van der Waals surface area contributed by atoms with Crippen molar-refractivity contribution in [2.24, 2.45) is 0 Å². The van der Waals surface area contributed by atoms with Crippen LogP contribution in [0.25, 0.3) is 11.3 Å². The summed E-state index contributed by atoms with van der Waals surface area (Å²) in [7, 11) is 1.79. The monoisotopic (exact) mass is 272 g/mol. The van der Waals surface area contributed by atoms with E-state index in [9.17, 15) is 0 Å². The molecule has 0 radical (unpaired) electrons. The molecular weight excluding hydrogens is 252 g/mol. The van der Waals surface area contributed by atoms with Crippen molar-refractivity contribution in [3.05, 3.63) is 36.0 Å². The van der Waals surface area contributed by atoms with E-state index in [1.54, 1.807) is 7.11 Å². The summed E-state index contributed by atoms with van der Waals surface area (Å²) < 4.78 is 5.40. The Morgan fingerprint density at radius 3 is 2.85 bits per heavy atom. The fourth-order valence-electron chi connectivity index (χ4n) is 2.78. The van der Waals surface area contributed by atoms with Gasteiger partial charge in [-0.3, -0.25) is 0 Å². The van der Waals surface area contributed by atoms with Gasteiger partial charge >= 0.3 is 0 Å². The fraction of sp³-hybridized carbons (Fsp3) is 0.467. The van der Waals surface area contributed by atoms with Crippen molar-refractivity contribution in [3.63, 3.8) is 0 Å². The Bertz CT molecular complexity index is 540. The Morgan fingerprint density at radius 1 is 1.25 bits per heavy atom. The van der Waals surface area contributed by atoms with Gasteiger partial charge in [-0.25, -0.2) is 0 Å². The molecule has 20 heavy (non-hydrogen) atoms. The van der Waals surface area contributed by atoms with Gasteiger partial charge in [-0.15, -0.1) is 0 Å². The van der Waals surface area contributed by atoms with Crippen LogP contribution in [0.2, 0.25) is 0 Å². The van der Waals surface area contributed by atoms with E-state index in [4.69, 9.17) is 4.74 Å². The fourth-order valence-corrected chi connectivity index (χ4v) is 2.78. The Morgan fingerprint density at radius 2 is 2.10 bits per heavy atom. The normalized spacial score (nSPS) is 22.2. The molecule has 106 valence electrons. The van der Waals surface area contributed by atoms with E-state index >= 15 is 0 Å². The van der Waals surface area contributed by atoms with Crippen LogP contribution >= 0.6 is 0 Å². The van der Waals surface area contributed by atoms with Crippen molar-refractivity contribution < 1.29 is 4.74 Å². The molecule has 3 rings (SSSR count). The summed E-state index contributed by atoms with van der Waals surface area (Å²) in [6.07, 6.45) is 3.78. The quantitative estimate of drug-likeness (QED) is 0.875. The summed E-state index contributed by atoms with van der Waals surface area (Å²) in [6.45, 7) is 0.738. The predicted molar refractivity (Wildman–Crippen MR) is 77.1 cm³/mol. The summed E-state index contributed by atoms with van der Waals surface area (Å²) in [6, 6.07) is 10.7. The molecule has 1 heterocycles. The molecule has 5 nitrogen and oxygen atoms in total. The minimum Gasteiger partial charge on any atom is -0.381 e. The summed E-state index contributed by atoms with van der Waals surface area (Å²) in [5, 5.41) is 14.8. The number of hydrogen-bond donors (Lipinski definition) is 2. The Hall–Kier alpha value is -1.72. The Balaban J connectivity index is 1.63. The van der Waals surface area contributed by atoms with Gasteiger partial charge in [0.05, 0.1) is 6.10 Å². The van der Waals surface area contributed by atoms with Crippen LogP contribution in [-0.4, -0.2) is 34.7 Å². The summed E-state index contributed by atoms with van der Waals surface area (Å²) in [4.78, 5) is 0. The van der Waals surface area contributed by atoms with E-state index in [0.29, 0.717) is 12.1 Å². The standard InChI is InChI=1S/C15H20N4O/c1-20-13-8-7-12(9-13)16-10-14-15(18-19-17-14)11-5-3-2-4-6-11/h2-6,12-13,16H,7-10H2,1H3,(H,17,18,19). The lowest BCUT2D eigenvalue weighted by Crippen LogP contribution is -2.27. The molecule has 0 amide bonds. The van der Waals surface area contributed by atoms with E-state index < -0.39 is 0 Å². The van der Waals surface area contributed by atoms with Crippen LogP contribution in [0.1, 0.15) is 25.0 Å². The van der Waals surface area contributed by atoms with Crippen LogP contribution in [0.5, 0.6) is 0 Å². The van der Waals surface area contributed by atoms with Gasteiger partial charge in [-0.05, 0) is 19.3 Å². The number of methoxy groups -OCH3 is 1. The van der Waals surface area contributed by atoms with Crippen molar-refractivity contribution >= 4 is 0 Å². The van der Waals surface area contributed by atoms with E-state index in [-0.39, 0.29) is 0 Å². The molecule has 0 saturated heterocycles. The van der Waals surface area contributed by atoms with Gasteiger partial charge in [0.25, 0.3) is 0 Å². The average Bonchev–Trinajstić information content (AvgIpc) is 3.15. The number of nitrogens with zero attached hydrogens (tertiary/aromatic N) is 2. The zero-order valence-electron chi connectivity index (χ0n) is 11.7. The van der Waals surface area contributed by atoms with E-state index in [0.717, 1.165) is 42.8 Å². The highest BCUT2D eigenvalue weighted by Crippen LogP contribution is 2.23. The zero-order valence-corrected chi connectivity index (χ0v) is 11.7. The summed E-state index contributed by atoms with van der Waals surface area (Å²) in [5.74, 6) is 0. The molecule has 0 spiro atoms. The molecule has 2 N–H and O–H groups in total. The largest absolute Gasteiger partial charge is 0.381 e. The van der Waals surface area contributed by atoms with Gasteiger partial charge in [0.1, 0.15) is 11.4 Å². The molecule has 5 heteroatoms. The van der Waals surface area contributed by atoms with Gasteiger partial charge in [0.15, 0.2) is 0 Å². The van der Waals surface area contributed by atoms with E-state index in [1.165, 1.54) is 0 Å². The molecule has 0 bridgehead atoms. The molecule has 1 saturated carbocycles. The lowest BCUT2D eigenvalue weighted by atomic mass is 10.1. The number of aromatic amines is 1. The predicted octanol–water partition coefficient (Wildman–Crippen LogP) is 2.13. The number of ether oxygens (including phenoxy) is 1. The maximum atomic E-state index is 5.40. The third kappa shape index (κ3) is 2.89. The zero-order chi connectivity index (χ0) is 13.8. The lowest BCUT2D eigenvalue weighted by Gasteiger charge is -2.12. The van der Waals surface area contributed by atoms with Crippen molar-refractivity contribution in [2.75, 3.05) is 7.11 Å². The number of nitrogens with one attached hydrogen (secondary N) is 2. The molecule has 0 aliphatic heterocycles. The lowest BCUT2D eigenvalue weighted by molar-refractivity contribution is 0.107.